The van der Waals surface area contributed by atoms with Crippen LogP contribution in [0.5, 0.6) is 0 Å². The summed E-state index contributed by atoms with van der Waals surface area (Å²) in [4.78, 5) is 9.96. The first-order valence-corrected chi connectivity index (χ1v) is 10.4. The molecule has 0 fully saturated rings. The number of nitrogens with zero attached hydrogens (tertiary/aromatic N) is 1. The molecule has 0 unspecified atom stereocenters. The van der Waals surface area contributed by atoms with Crippen LogP contribution < -0.4 is 0 Å². The Morgan fingerprint density at radius 2 is 1.43 bits per heavy atom. The summed E-state index contributed by atoms with van der Waals surface area (Å²) in [6, 6.07) is 0. The molecule has 0 aromatic carbocycles. The van der Waals surface area contributed by atoms with E-state index in [2.05, 4.69) is 12.1 Å². The Morgan fingerprint density at radius 3 is 1.90 bits per heavy atom. The van der Waals surface area contributed by atoms with Crippen LogP contribution in [0, 0.1) is 4.91 Å². The molecule has 124 valence electrons. The van der Waals surface area contributed by atoms with E-state index in [1.807, 2.05) is 0 Å². The maximum atomic E-state index is 10.6. The van der Waals surface area contributed by atoms with E-state index in [-0.39, 0.29) is 0 Å². The molecule has 0 aliphatic rings. The molecule has 0 N–H and O–H groups in total. The van der Waals surface area contributed by atoms with Crippen LogP contribution in [0.25, 0.3) is 0 Å². The number of hydrogen-bond donors (Lipinski definition) is 0. The second-order valence-corrected chi connectivity index (χ2v) is 9.82. The Labute approximate surface area is 145 Å². The minimum atomic E-state index is -0.623. The minimum Gasteiger partial charge on any atom is -0.149 e. The smallest absolute Gasteiger partial charge is 0.148 e. The largest absolute Gasteiger partial charge is 0.149 e. The molecule has 21 heavy (non-hydrogen) atoms. The standard InChI is InChI=1S/C16H31NOS3/c1-4-5-6-7-8-9-10-11-12-13-14-20-15(19)21-16(2,3)17-18/h4-14H2,1-3H3. The molecule has 0 saturated heterocycles. The third-order valence-corrected chi connectivity index (χ3v) is 5.95. The molecule has 0 aliphatic heterocycles. The van der Waals surface area contributed by atoms with Gasteiger partial charge in [-0.25, -0.2) is 0 Å². The zero-order chi connectivity index (χ0) is 16.0. The van der Waals surface area contributed by atoms with Gasteiger partial charge in [-0.05, 0) is 26.0 Å². The lowest BCUT2D eigenvalue weighted by Crippen LogP contribution is -2.11. The highest BCUT2D eigenvalue weighted by atomic mass is 32.2. The van der Waals surface area contributed by atoms with Gasteiger partial charge in [-0.15, -0.1) is 16.7 Å². The predicted molar refractivity (Wildman–Crippen MR) is 104 cm³/mol. The van der Waals surface area contributed by atoms with Gasteiger partial charge in [-0.1, -0.05) is 93.9 Å². The van der Waals surface area contributed by atoms with E-state index in [1.165, 1.54) is 76.0 Å². The maximum absolute atomic E-state index is 10.6. The quantitative estimate of drug-likeness (QED) is 0.200. The number of unbranched alkanes of at least 4 members (excludes halogenated alkanes) is 9. The van der Waals surface area contributed by atoms with E-state index in [0.29, 0.717) is 0 Å². The number of hydrogen-bond acceptors (Lipinski definition) is 5. The lowest BCUT2D eigenvalue weighted by Gasteiger charge is -2.14. The average Bonchev–Trinajstić information content (AvgIpc) is 2.44. The molecule has 0 atom stereocenters. The van der Waals surface area contributed by atoms with Crippen LogP contribution in [0.4, 0.5) is 0 Å². The van der Waals surface area contributed by atoms with E-state index in [1.54, 1.807) is 25.6 Å². The van der Waals surface area contributed by atoms with Gasteiger partial charge in [0, 0.05) is 0 Å². The fourth-order valence-corrected chi connectivity index (χ4v) is 4.92. The summed E-state index contributed by atoms with van der Waals surface area (Å²) in [5, 5.41) is 3.08. The molecular formula is C16H31NOS3. The van der Waals surface area contributed by atoms with Gasteiger partial charge in [0.05, 0.1) is 0 Å². The maximum Gasteiger partial charge on any atom is 0.148 e. The van der Waals surface area contributed by atoms with Crippen molar-refractivity contribution in [3.8, 4) is 0 Å². The van der Waals surface area contributed by atoms with E-state index >= 15 is 0 Å². The lowest BCUT2D eigenvalue weighted by atomic mass is 10.1. The predicted octanol–water partition coefficient (Wildman–Crippen LogP) is 7.16. The second kappa shape index (κ2) is 14.0. The van der Waals surface area contributed by atoms with Gasteiger partial charge >= 0.3 is 0 Å². The van der Waals surface area contributed by atoms with Crippen molar-refractivity contribution >= 4 is 39.3 Å². The molecule has 0 aromatic rings. The van der Waals surface area contributed by atoms with Crippen molar-refractivity contribution in [2.24, 2.45) is 5.18 Å². The van der Waals surface area contributed by atoms with Crippen molar-refractivity contribution in [3.63, 3.8) is 0 Å². The van der Waals surface area contributed by atoms with Crippen LogP contribution >= 0.6 is 35.7 Å². The van der Waals surface area contributed by atoms with Crippen molar-refractivity contribution in [1.29, 1.82) is 0 Å². The minimum absolute atomic E-state index is 0.623. The van der Waals surface area contributed by atoms with E-state index in [0.717, 1.165) is 9.28 Å². The fourth-order valence-electron chi connectivity index (χ4n) is 2.00. The molecule has 0 aliphatic carbocycles. The Kier molecular flexibility index (Phi) is 14.3. The van der Waals surface area contributed by atoms with Gasteiger partial charge in [0.15, 0.2) is 0 Å². The van der Waals surface area contributed by atoms with Crippen LogP contribution in [0.3, 0.4) is 0 Å². The number of rotatable bonds is 13. The Bertz CT molecular complexity index is 283. The molecule has 0 rings (SSSR count). The first kappa shape index (κ1) is 21.4. The van der Waals surface area contributed by atoms with Crippen LogP contribution in [-0.4, -0.2) is 14.2 Å². The van der Waals surface area contributed by atoms with Crippen LogP contribution in [0.2, 0.25) is 0 Å². The highest BCUT2D eigenvalue weighted by Gasteiger charge is 2.21. The SMILES string of the molecule is CCCCCCCCCCCCSC(=S)SC(C)(C)N=O. The number of nitroso groups, excluding NO2 is 1. The zero-order valence-corrected chi connectivity index (χ0v) is 16.3. The van der Waals surface area contributed by atoms with Crippen molar-refractivity contribution < 1.29 is 0 Å². The van der Waals surface area contributed by atoms with Crippen molar-refractivity contribution in [1.82, 2.24) is 0 Å². The van der Waals surface area contributed by atoms with Gasteiger partial charge in [-0.2, -0.15) is 0 Å². The second-order valence-electron chi connectivity index (χ2n) is 5.92. The number of thioether (sulfide) groups is 2. The molecular weight excluding hydrogens is 318 g/mol. The molecule has 0 radical (unpaired) electrons. The van der Waals surface area contributed by atoms with Gasteiger partial charge in [0.25, 0.3) is 0 Å². The molecule has 0 aromatic heterocycles. The van der Waals surface area contributed by atoms with Crippen LogP contribution in [0.1, 0.15) is 85.0 Å². The molecule has 0 bridgehead atoms. The fraction of sp³-hybridized carbons (Fsp3) is 0.938. The summed E-state index contributed by atoms with van der Waals surface area (Å²) in [6.07, 6.45) is 13.6. The Hall–Kier alpha value is 0.390. The highest BCUT2D eigenvalue weighted by molar-refractivity contribution is 8.47. The van der Waals surface area contributed by atoms with E-state index < -0.39 is 4.87 Å². The van der Waals surface area contributed by atoms with Gasteiger partial charge in [0.1, 0.15) is 8.40 Å². The van der Waals surface area contributed by atoms with Crippen LogP contribution in [0.15, 0.2) is 5.18 Å². The molecule has 2 nitrogen and oxygen atoms in total. The molecule has 5 heteroatoms. The van der Waals surface area contributed by atoms with Crippen LogP contribution in [-0.2, 0) is 0 Å². The summed E-state index contributed by atoms with van der Waals surface area (Å²) in [5.41, 5.74) is 0. The monoisotopic (exact) mass is 349 g/mol. The van der Waals surface area contributed by atoms with Gasteiger partial charge < -0.3 is 0 Å². The molecule has 0 spiro atoms. The molecule has 0 amide bonds. The average molecular weight is 350 g/mol. The summed E-state index contributed by atoms with van der Waals surface area (Å²) in [5.74, 6) is 1.07. The van der Waals surface area contributed by atoms with Crippen molar-refractivity contribution in [2.75, 3.05) is 5.75 Å². The summed E-state index contributed by atoms with van der Waals surface area (Å²) >= 11 is 8.36. The highest BCUT2D eigenvalue weighted by Crippen LogP contribution is 2.32. The summed E-state index contributed by atoms with van der Waals surface area (Å²) < 4.78 is 0.843. The summed E-state index contributed by atoms with van der Waals surface area (Å²) in [7, 11) is 0. The third kappa shape index (κ3) is 15.1. The first-order chi connectivity index (χ1) is 10.0. The lowest BCUT2D eigenvalue weighted by molar-refractivity contribution is 0.563. The molecule has 0 heterocycles. The summed E-state index contributed by atoms with van der Waals surface area (Å²) in [6.45, 7) is 5.87. The van der Waals surface area contributed by atoms with E-state index in [9.17, 15) is 4.91 Å². The normalized spacial score (nSPS) is 11.6. The zero-order valence-electron chi connectivity index (χ0n) is 13.9. The van der Waals surface area contributed by atoms with Gasteiger partial charge in [0.2, 0.25) is 0 Å². The number of thiocarbonyl (C=S) groups is 1. The first-order valence-electron chi connectivity index (χ1n) is 8.22. The molecule has 0 saturated carbocycles. The van der Waals surface area contributed by atoms with Gasteiger partial charge in [-0.3, -0.25) is 0 Å². The van der Waals surface area contributed by atoms with Crippen molar-refractivity contribution in [3.05, 3.63) is 4.91 Å². The third-order valence-electron chi connectivity index (χ3n) is 3.27. The Morgan fingerprint density at radius 1 is 0.952 bits per heavy atom. The topological polar surface area (TPSA) is 29.4 Å². The Balaban J connectivity index is 3.29. The van der Waals surface area contributed by atoms with E-state index in [4.69, 9.17) is 12.2 Å². The van der Waals surface area contributed by atoms with Crippen molar-refractivity contribution in [2.45, 2.75) is 89.9 Å².